The van der Waals surface area contributed by atoms with E-state index >= 15 is 0 Å². The molecule has 0 spiro atoms. The number of nitriles is 1. The van der Waals surface area contributed by atoms with Crippen LogP contribution in [0.15, 0.2) is 41.3 Å². The molecule has 0 unspecified atom stereocenters. The lowest BCUT2D eigenvalue weighted by atomic mass is 10.0. The molecule has 2 aromatic rings. The van der Waals surface area contributed by atoms with Crippen LogP contribution in [0.5, 0.6) is 11.5 Å². The molecule has 0 aromatic heterocycles. The molecule has 2 aliphatic heterocycles. The van der Waals surface area contributed by atoms with E-state index in [2.05, 4.69) is 0 Å². The monoisotopic (exact) mass is 342 g/mol. The minimum atomic E-state index is -3.72. The summed E-state index contributed by atoms with van der Waals surface area (Å²) < 4.78 is 38.0. The molecule has 2 aromatic carbocycles. The third kappa shape index (κ3) is 2.31. The second-order valence-electron chi connectivity index (χ2n) is 5.67. The van der Waals surface area contributed by atoms with E-state index in [1.165, 1.54) is 16.4 Å². The van der Waals surface area contributed by atoms with Gasteiger partial charge in [-0.2, -0.15) is 9.57 Å². The second-order valence-corrected chi connectivity index (χ2v) is 7.58. The molecule has 0 atom stereocenters. The molecule has 6 nitrogen and oxygen atoms in total. The van der Waals surface area contributed by atoms with Crippen LogP contribution >= 0.6 is 0 Å². The van der Waals surface area contributed by atoms with Crippen molar-refractivity contribution >= 4 is 10.0 Å². The molecule has 24 heavy (non-hydrogen) atoms. The molecule has 2 heterocycles. The Morgan fingerprint density at radius 3 is 2.54 bits per heavy atom. The Kier molecular flexibility index (Phi) is 3.44. The number of ether oxygens (including phenoxy) is 2. The lowest BCUT2D eigenvalue weighted by Crippen LogP contribution is -2.36. The average Bonchev–Trinajstić information content (AvgIpc) is 3.06. The predicted octanol–water partition coefficient (Wildman–Crippen LogP) is 2.03. The molecule has 0 saturated carbocycles. The van der Waals surface area contributed by atoms with Crippen molar-refractivity contribution in [2.24, 2.45) is 0 Å². The van der Waals surface area contributed by atoms with E-state index in [0.717, 1.165) is 11.1 Å². The fourth-order valence-corrected chi connectivity index (χ4v) is 4.61. The molecular formula is C17H14N2O4S. The van der Waals surface area contributed by atoms with Gasteiger partial charge in [0, 0.05) is 13.1 Å². The molecule has 122 valence electrons. The topological polar surface area (TPSA) is 79.6 Å². The number of hydrogen-bond acceptors (Lipinski definition) is 5. The van der Waals surface area contributed by atoms with Gasteiger partial charge in [-0.25, -0.2) is 8.42 Å². The van der Waals surface area contributed by atoms with Gasteiger partial charge in [-0.05, 0) is 41.8 Å². The zero-order valence-electron chi connectivity index (χ0n) is 12.7. The Bertz CT molecular complexity index is 963. The van der Waals surface area contributed by atoms with Gasteiger partial charge in [0.2, 0.25) is 16.8 Å². The number of benzene rings is 2. The molecule has 0 radical (unpaired) electrons. The Morgan fingerprint density at radius 1 is 1.08 bits per heavy atom. The summed E-state index contributed by atoms with van der Waals surface area (Å²) >= 11 is 0. The van der Waals surface area contributed by atoms with E-state index in [-0.39, 0.29) is 23.8 Å². The highest BCUT2D eigenvalue weighted by molar-refractivity contribution is 7.89. The zero-order chi connectivity index (χ0) is 16.7. The number of hydrogen-bond donors (Lipinski definition) is 0. The van der Waals surface area contributed by atoms with Crippen LogP contribution in [0.1, 0.15) is 16.7 Å². The van der Waals surface area contributed by atoms with Gasteiger partial charge < -0.3 is 9.47 Å². The molecule has 2 aliphatic rings. The van der Waals surface area contributed by atoms with Crippen LogP contribution in [0.2, 0.25) is 0 Å². The maximum atomic E-state index is 12.9. The highest BCUT2D eigenvalue weighted by Gasteiger charge is 2.31. The first-order chi connectivity index (χ1) is 11.6. The van der Waals surface area contributed by atoms with Crippen molar-refractivity contribution in [2.75, 3.05) is 13.3 Å². The van der Waals surface area contributed by atoms with E-state index < -0.39 is 10.0 Å². The van der Waals surface area contributed by atoms with E-state index in [9.17, 15) is 13.7 Å². The predicted molar refractivity (Wildman–Crippen MR) is 85.0 cm³/mol. The minimum Gasteiger partial charge on any atom is -0.454 e. The van der Waals surface area contributed by atoms with Crippen LogP contribution in [0, 0.1) is 11.3 Å². The lowest BCUT2D eigenvalue weighted by Gasteiger charge is -2.28. The fraction of sp³-hybridized carbons (Fsp3) is 0.235. The highest BCUT2D eigenvalue weighted by Crippen LogP contribution is 2.37. The summed E-state index contributed by atoms with van der Waals surface area (Å²) in [5, 5.41) is 9.18. The quantitative estimate of drug-likeness (QED) is 0.834. The van der Waals surface area contributed by atoms with Gasteiger partial charge in [0.05, 0.1) is 10.5 Å². The highest BCUT2D eigenvalue weighted by atomic mass is 32.2. The normalized spacial score (nSPS) is 16.5. The van der Waals surface area contributed by atoms with Crippen molar-refractivity contribution in [3.63, 3.8) is 0 Å². The molecule has 7 heteroatoms. The standard InChI is InChI=1S/C17H14N2O4S/c18-9-13-3-1-2-4-17(13)24(20,21)19-6-5-12-7-15-16(23-11-22-15)8-14(12)10-19/h1-4,7-8H,5-6,10-11H2. The molecule has 4 rings (SSSR count). The second kappa shape index (κ2) is 5.51. The van der Waals surface area contributed by atoms with Crippen LogP contribution in [-0.2, 0) is 23.0 Å². The molecule has 0 aliphatic carbocycles. The van der Waals surface area contributed by atoms with E-state index in [1.54, 1.807) is 12.1 Å². The maximum absolute atomic E-state index is 12.9. The lowest BCUT2D eigenvalue weighted by molar-refractivity contribution is 0.174. The van der Waals surface area contributed by atoms with Crippen LogP contribution in [0.4, 0.5) is 0 Å². The number of sulfonamides is 1. The Hall–Kier alpha value is -2.56. The first-order valence-electron chi connectivity index (χ1n) is 7.50. The molecule has 0 N–H and O–H groups in total. The van der Waals surface area contributed by atoms with Crippen LogP contribution in [0.3, 0.4) is 0 Å². The van der Waals surface area contributed by atoms with Crippen molar-refractivity contribution in [3.05, 3.63) is 53.1 Å². The van der Waals surface area contributed by atoms with Crippen molar-refractivity contribution in [3.8, 4) is 17.6 Å². The van der Waals surface area contributed by atoms with Gasteiger partial charge in [-0.3, -0.25) is 0 Å². The smallest absolute Gasteiger partial charge is 0.244 e. The van der Waals surface area contributed by atoms with Crippen molar-refractivity contribution in [1.29, 1.82) is 5.26 Å². The Labute approximate surface area is 139 Å². The summed E-state index contributed by atoms with van der Waals surface area (Å²) in [4.78, 5) is 0.0525. The summed E-state index contributed by atoms with van der Waals surface area (Å²) in [5.41, 5.74) is 2.14. The van der Waals surface area contributed by atoms with Gasteiger partial charge in [0.1, 0.15) is 6.07 Å². The van der Waals surface area contributed by atoms with Crippen LogP contribution < -0.4 is 9.47 Å². The summed E-state index contributed by atoms with van der Waals surface area (Å²) in [6.45, 7) is 0.818. The van der Waals surface area contributed by atoms with Gasteiger partial charge in [-0.1, -0.05) is 12.1 Å². The zero-order valence-corrected chi connectivity index (χ0v) is 13.5. The largest absolute Gasteiger partial charge is 0.454 e. The number of rotatable bonds is 2. The van der Waals surface area contributed by atoms with Gasteiger partial charge in [0.25, 0.3) is 0 Å². The van der Waals surface area contributed by atoms with Crippen molar-refractivity contribution in [2.45, 2.75) is 17.9 Å². The van der Waals surface area contributed by atoms with Crippen LogP contribution in [-0.4, -0.2) is 26.1 Å². The van der Waals surface area contributed by atoms with E-state index in [1.807, 2.05) is 18.2 Å². The van der Waals surface area contributed by atoms with Gasteiger partial charge in [0.15, 0.2) is 11.5 Å². The molecular weight excluding hydrogens is 328 g/mol. The Balaban J connectivity index is 1.70. The summed E-state index contributed by atoms with van der Waals surface area (Å²) in [7, 11) is -3.72. The van der Waals surface area contributed by atoms with E-state index in [4.69, 9.17) is 9.47 Å². The number of fused-ring (bicyclic) bond motifs is 2. The maximum Gasteiger partial charge on any atom is 0.244 e. The first-order valence-corrected chi connectivity index (χ1v) is 8.94. The third-order valence-corrected chi connectivity index (χ3v) is 6.20. The first kappa shape index (κ1) is 15.0. The third-order valence-electron chi connectivity index (χ3n) is 4.30. The Morgan fingerprint density at radius 2 is 1.79 bits per heavy atom. The van der Waals surface area contributed by atoms with Gasteiger partial charge >= 0.3 is 0 Å². The summed E-state index contributed by atoms with van der Waals surface area (Å²) in [5.74, 6) is 1.35. The van der Waals surface area contributed by atoms with Crippen LogP contribution in [0.25, 0.3) is 0 Å². The molecule has 0 saturated heterocycles. The molecule has 0 fully saturated rings. The summed E-state index contributed by atoms with van der Waals surface area (Å²) in [6, 6.07) is 12.0. The summed E-state index contributed by atoms with van der Waals surface area (Å²) in [6.07, 6.45) is 0.597. The minimum absolute atomic E-state index is 0.0525. The SMILES string of the molecule is N#Cc1ccccc1S(=O)(=O)N1CCc2cc3c(cc2C1)OCO3. The molecule has 0 amide bonds. The number of nitrogens with zero attached hydrogens (tertiary/aromatic N) is 2. The van der Waals surface area contributed by atoms with Gasteiger partial charge in [-0.15, -0.1) is 0 Å². The molecule has 0 bridgehead atoms. The fourth-order valence-electron chi connectivity index (χ4n) is 3.05. The van der Waals surface area contributed by atoms with Crippen molar-refractivity contribution < 1.29 is 17.9 Å². The van der Waals surface area contributed by atoms with Crippen molar-refractivity contribution in [1.82, 2.24) is 4.31 Å². The average molecular weight is 342 g/mol. The van der Waals surface area contributed by atoms with E-state index in [0.29, 0.717) is 24.5 Å².